The maximum Gasteiger partial charge on any atom is 0.376 e. The molecule has 1 rings (SSSR count). The Morgan fingerprint density at radius 2 is 2.44 bits per heavy atom. The van der Waals surface area contributed by atoms with Crippen molar-refractivity contribution in [3.63, 3.8) is 0 Å². The smallest absolute Gasteiger partial charge is 0.376 e. The Balaban J connectivity index is 2.55. The summed E-state index contributed by atoms with van der Waals surface area (Å²) < 4.78 is 0. The Hall–Kier alpha value is -1.35. The zero-order chi connectivity index (χ0) is 6.53. The van der Waals surface area contributed by atoms with Crippen molar-refractivity contribution in [2.75, 3.05) is 0 Å². The summed E-state index contributed by atoms with van der Waals surface area (Å²) in [7, 11) is 0. The van der Waals surface area contributed by atoms with E-state index in [0.29, 0.717) is 0 Å². The maximum atomic E-state index is 7.98. The lowest BCUT2D eigenvalue weighted by Gasteiger charge is -2.02. The van der Waals surface area contributed by atoms with Crippen LogP contribution in [0, 0.1) is 0 Å². The maximum absolute atomic E-state index is 7.98. The molecular weight excluding hydrogens is 115 g/mol. The third-order valence-electron chi connectivity index (χ3n) is 0.944. The van der Waals surface area contributed by atoms with Crippen molar-refractivity contribution in [1.82, 2.24) is 5.23 Å². The molecule has 0 bridgehead atoms. The Bertz CT molecular complexity index is 191. The quantitative estimate of drug-likeness (QED) is 0.238. The highest BCUT2D eigenvalue weighted by Gasteiger charge is 2.04. The molecule has 0 aromatic carbocycles. The van der Waals surface area contributed by atoms with Gasteiger partial charge in [-0.1, -0.05) is 12.1 Å². The van der Waals surface area contributed by atoms with E-state index in [1.807, 2.05) is 12.2 Å². The van der Waals surface area contributed by atoms with Gasteiger partial charge in [0.15, 0.2) is 0 Å². The molecule has 0 saturated carbocycles. The molecule has 0 radical (unpaired) electrons. The normalized spacial score (nSPS) is 14.4. The molecule has 1 aliphatic heterocycles. The topological polar surface area (TPSA) is 60.8 Å². The molecule has 1 N–H and O–H groups in total. The van der Waals surface area contributed by atoms with Crippen molar-refractivity contribution >= 4 is 6.98 Å². The Morgan fingerprint density at radius 1 is 1.56 bits per heavy atom. The summed E-state index contributed by atoms with van der Waals surface area (Å²) in [4.78, 5) is 2.64. The third-order valence-corrected chi connectivity index (χ3v) is 0.944. The number of hydrogen-bond donors (Lipinski definition) is 1. The lowest BCUT2D eigenvalue weighted by atomic mass is 9.77. The fraction of sp³-hybridized carbons (Fsp3) is 0. The molecule has 4 nitrogen and oxygen atoms in total. The van der Waals surface area contributed by atoms with Crippen LogP contribution in [-0.2, 0) is 0 Å². The summed E-state index contributed by atoms with van der Waals surface area (Å²) in [5, 5.41) is 6.25. The summed E-state index contributed by atoms with van der Waals surface area (Å²) in [5.74, 6) is 1.78. The van der Waals surface area contributed by atoms with E-state index in [2.05, 4.69) is 15.2 Å². The van der Waals surface area contributed by atoms with E-state index >= 15 is 0 Å². The highest BCUT2D eigenvalue weighted by Crippen LogP contribution is 1.90. The second kappa shape index (κ2) is 2.84. The molecule has 1 aliphatic rings. The van der Waals surface area contributed by atoms with Gasteiger partial charge < -0.3 is 5.23 Å². The molecule has 1 heterocycles. The zero-order valence-corrected chi connectivity index (χ0v) is 4.73. The first-order chi connectivity index (χ1) is 4.43. The molecule has 0 saturated heterocycles. The summed E-state index contributed by atoms with van der Waals surface area (Å²) in [6, 6.07) is 0. The summed E-state index contributed by atoms with van der Waals surface area (Å²) in [5.41, 5.74) is 7.98. The second-order valence-electron chi connectivity index (χ2n) is 1.56. The van der Waals surface area contributed by atoms with Crippen molar-refractivity contribution in [1.29, 1.82) is 0 Å². The van der Waals surface area contributed by atoms with E-state index in [-0.39, 0.29) is 6.98 Å². The van der Waals surface area contributed by atoms with Gasteiger partial charge in [-0.3, -0.25) is 0 Å². The van der Waals surface area contributed by atoms with Gasteiger partial charge in [-0.05, 0) is 22.7 Å². The number of nitrogens with zero attached hydrogens (tertiary/aromatic N) is 3. The number of nitrogens with one attached hydrogen (secondary N) is 1. The van der Waals surface area contributed by atoms with E-state index in [9.17, 15) is 0 Å². The zero-order valence-electron chi connectivity index (χ0n) is 4.73. The lowest BCUT2D eigenvalue weighted by molar-refractivity contribution is 1.28. The van der Waals surface area contributed by atoms with Crippen molar-refractivity contribution < 1.29 is 0 Å². The van der Waals surface area contributed by atoms with Gasteiger partial charge in [0.1, 0.15) is 0 Å². The molecule has 5 heteroatoms. The van der Waals surface area contributed by atoms with Crippen LogP contribution in [0.15, 0.2) is 29.4 Å². The first-order valence-electron chi connectivity index (χ1n) is 2.57. The number of allylic oxidation sites excluding steroid dienone is 2. The predicted octanol–water partition coefficient (Wildman–Crippen LogP) is 0.997. The fourth-order valence-electron chi connectivity index (χ4n) is 0.562. The largest absolute Gasteiger partial charge is 0.426 e. The van der Waals surface area contributed by atoms with Crippen LogP contribution in [0.4, 0.5) is 0 Å². The van der Waals surface area contributed by atoms with Crippen LogP contribution in [0.3, 0.4) is 0 Å². The average Bonchev–Trinajstić information content (AvgIpc) is 1.91. The highest BCUT2D eigenvalue weighted by molar-refractivity contribution is 6.60. The van der Waals surface area contributed by atoms with Gasteiger partial charge >= 0.3 is 6.98 Å². The minimum atomic E-state index is -0.208. The predicted molar refractivity (Wildman–Crippen MR) is 36.3 cm³/mol. The van der Waals surface area contributed by atoms with Crippen LogP contribution >= 0.6 is 0 Å². The van der Waals surface area contributed by atoms with Gasteiger partial charge in [0.05, 0.1) is 0 Å². The van der Waals surface area contributed by atoms with Crippen molar-refractivity contribution in [3.05, 3.63) is 34.8 Å². The highest BCUT2D eigenvalue weighted by atomic mass is 15.1. The Labute approximate surface area is 53.0 Å². The summed E-state index contributed by atoms with van der Waals surface area (Å²) in [6.07, 6.45) is 5.40. The first-order valence-corrected chi connectivity index (χ1v) is 2.57. The van der Waals surface area contributed by atoms with Gasteiger partial charge in [0, 0.05) is 0 Å². The van der Waals surface area contributed by atoms with Gasteiger partial charge in [-0.15, -0.1) is 5.03 Å². The van der Waals surface area contributed by atoms with E-state index < -0.39 is 0 Å². The van der Waals surface area contributed by atoms with Crippen molar-refractivity contribution in [2.45, 2.75) is 0 Å². The Kier molecular flexibility index (Phi) is 1.83. The van der Waals surface area contributed by atoms with Gasteiger partial charge in [-0.25, -0.2) is 0 Å². The van der Waals surface area contributed by atoms with E-state index in [1.165, 1.54) is 0 Å². The molecule has 0 unspecified atom stereocenters. The van der Waals surface area contributed by atoms with Crippen molar-refractivity contribution in [2.24, 2.45) is 5.03 Å². The summed E-state index contributed by atoms with van der Waals surface area (Å²) in [6.45, 7) is -0.208. The third kappa shape index (κ3) is 1.55. The van der Waals surface area contributed by atoms with Crippen LogP contribution in [0.5, 0.6) is 0 Å². The fourth-order valence-corrected chi connectivity index (χ4v) is 0.562. The minimum absolute atomic E-state index is 0.208. The average molecular weight is 120 g/mol. The van der Waals surface area contributed by atoms with Crippen LogP contribution in [0.1, 0.15) is 0 Å². The van der Waals surface area contributed by atoms with Gasteiger partial charge in [0.2, 0.25) is 0 Å². The minimum Gasteiger partial charge on any atom is -0.426 e. The van der Waals surface area contributed by atoms with E-state index in [4.69, 9.17) is 5.53 Å². The molecule has 0 aromatic rings. The first kappa shape index (κ1) is 5.79. The van der Waals surface area contributed by atoms with E-state index in [1.54, 1.807) is 12.2 Å². The number of azide groups is 1. The monoisotopic (exact) mass is 120 g/mol. The molecule has 0 aromatic heterocycles. The van der Waals surface area contributed by atoms with Crippen LogP contribution < -0.4 is 5.23 Å². The van der Waals surface area contributed by atoms with Gasteiger partial charge in [0.25, 0.3) is 0 Å². The van der Waals surface area contributed by atoms with Crippen LogP contribution in [-0.4, -0.2) is 6.98 Å². The van der Waals surface area contributed by atoms with Crippen molar-refractivity contribution in [3.8, 4) is 0 Å². The molecule has 0 spiro atoms. The van der Waals surface area contributed by atoms with Crippen LogP contribution in [0.2, 0.25) is 0 Å². The molecule has 9 heavy (non-hydrogen) atoms. The molecular formula is C4H5BN4. The molecule has 44 valence electrons. The Morgan fingerprint density at radius 3 is 3.00 bits per heavy atom. The summed E-state index contributed by atoms with van der Waals surface area (Å²) >= 11 is 0. The molecule has 0 fully saturated rings. The second-order valence-corrected chi connectivity index (χ2v) is 1.56. The SMILES string of the molecule is [N-]=[N+]=NB1C=CC=CN1. The molecule has 0 aliphatic carbocycles. The lowest BCUT2D eigenvalue weighted by Crippen LogP contribution is -2.26. The standard InChI is InChI=1S/C4H5BN4/c6-9-8-5-3-1-2-4-7-5/h1-4,7H. The number of hydrogen-bond acceptors (Lipinski definition) is 2. The van der Waals surface area contributed by atoms with E-state index in [0.717, 1.165) is 0 Å². The van der Waals surface area contributed by atoms with Gasteiger partial charge in [-0.2, -0.15) is 0 Å². The molecule has 0 atom stereocenters. The van der Waals surface area contributed by atoms with Crippen LogP contribution in [0.25, 0.3) is 10.4 Å². The number of rotatable bonds is 1. The molecule has 0 amide bonds.